The summed E-state index contributed by atoms with van der Waals surface area (Å²) >= 11 is 1.36. The number of aryl methyl sites for hydroxylation is 1. The lowest BCUT2D eigenvalue weighted by Crippen LogP contribution is -2.19. The summed E-state index contributed by atoms with van der Waals surface area (Å²) in [6.07, 6.45) is 0. The highest BCUT2D eigenvalue weighted by molar-refractivity contribution is 8.00. The highest BCUT2D eigenvalue weighted by Crippen LogP contribution is 2.35. The van der Waals surface area contributed by atoms with Gasteiger partial charge in [0, 0.05) is 5.69 Å². The first-order valence-corrected chi connectivity index (χ1v) is 11.2. The number of fused-ring (bicyclic) bond motifs is 1. The number of esters is 1. The number of carbonyl (C=O) groups excluding carboxylic acids is 2. The van der Waals surface area contributed by atoms with Crippen LogP contribution in [0.15, 0.2) is 78.0 Å². The molecular formula is C25H23N3O3S. The van der Waals surface area contributed by atoms with Gasteiger partial charge in [-0.1, -0.05) is 48.2 Å². The molecule has 0 aliphatic carbocycles. The molecule has 4 rings (SSSR count). The topological polar surface area (TPSA) is 84.1 Å². The molecule has 3 aromatic carbocycles. The van der Waals surface area contributed by atoms with Crippen molar-refractivity contribution in [3.05, 3.63) is 89.5 Å². The zero-order chi connectivity index (χ0) is 22.5. The van der Waals surface area contributed by atoms with Crippen LogP contribution in [-0.4, -0.2) is 28.5 Å². The fourth-order valence-electron chi connectivity index (χ4n) is 3.28. The monoisotopic (exact) mass is 445 g/mol. The number of anilines is 1. The number of hydrogen-bond acceptors (Lipinski definition) is 5. The quantitative estimate of drug-likeness (QED) is 0.289. The Kier molecular flexibility index (Phi) is 6.56. The van der Waals surface area contributed by atoms with Crippen LogP contribution in [0.25, 0.3) is 11.0 Å². The maximum atomic E-state index is 13.2. The number of aromatic amines is 1. The number of hydrogen-bond donors (Lipinski definition) is 2. The van der Waals surface area contributed by atoms with Crippen LogP contribution in [0.2, 0.25) is 0 Å². The third kappa shape index (κ3) is 5.00. The van der Waals surface area contributed by atoms with E-state index >= 15 is 0 Å². The van der Waals surface area contributed by atoms with Crippen LogP contribution in [0.1, 0.15) is 33.7 Å². The molecule has 4 aromatic rings. The van der Waals surface area contributed by atoms with Crippen molar-refractivity contribution in [2.75, 3.05) is 11.9 Å². The lowest BCUT2D eigenvalue weighted by atomic mass is 10.1. The van der Waals surface area contributed by atoms with E-state index < -0.39 is 5.25 Å². The van der Waals surface area contributed by atoms with Crippen LogP contribution in [0, 0.1) is 6.92 Å². The van der Waals surface area contributed by atoms with Crippen LogP contribution in [0.5, 0.6) is 0 Å². The van der Waals surface area contributed by atoms with Crippen LogP contribution in [0.4, 0.5) is 5.69 Å². The van der Waals surface area contributed by atoms with Gasteiger partial charge in [-0.2, -0.15) is 0 Å². The molecule has 32 heavy (non-hydrogen) atoms. The Morgan fingerprint density at radius 1 is 1.06 bits per heavy atom. The van der Waals surface area contributed by atoms with Gasteiger partial charge >= 0.3 is 5.97 Å². The van der Waals surface area contributed by atoms with Gasteiger partial charge in [-0.05, 0) is 61.4 Å². The van der Waals surface area contributed by atoms with E-state index in [1.54, 1.807) is 31.2 Å². The molecule has 0 aliphatic rings. The van der Waals surface area contributed by atoms with Gasteiger partial charge in [0.2, 0.25) is 5.91 Å². The van der Waals surface area contributed by atoms with Gasteiger partial charge in [0.25, 0.3) is 0 Å². The number of carbonyl (C=O) groups is 2. The second-order valence-corrected chi connectivity index (χ2v) is 8.35. The number of nitrogens with one attached hydrogen (secondary N) is 2. The van der Waals surface area contributed by atoms with Crippen molar-refractivity contribution in [2.45, 2.75) is 24.3 Å². The zero-order valence-corrected chi connectivity index (χ0v) is 18.6. The van der Waals surface area contributed by atoms with Crippen LogP contribution < -0.4 is 5.32 Å². The van der Waals surface area contributed by atoms with Crippen molar-refractivity contribution in [3.8, 4) is 0 Å². The molecule has 0 saturated carbocycles. The van der Waals surface area contributed by atoms with E-state index in [0.29, 0.717) is 23.0 Å². The maximum absolute atomic E-state index is 13.2. The molecule has 0 bridgehead atoms. The summed E-state index contributed by atoms with van der Waals surface area (Å²) in [5, 5.41) is 3.11. The van der Waals surface area contributed by atoms with Crippen LogP contribution in [0.3, 0.4) is 0 Å². The van der Waals surface area contributed by atoms with Gasteiger partial charge in [-0.25, -0.2) is 9.78 Å². The van der Waals surface area contributed by atoms with E-state index in [2.05, 4.69) is 15.3 Å². The smallest absolute Gasteiger partial charge is 0.338 e. The highest BCUT2D eigenvalue weighted by Gasteiger charge is 2.24. The third-order valence-electron chi connectivity index (χ3n) is 4.85. The van der Waals surface area contributed by atoms with Gasteiger partial charge in [0.15, 0.2) is 5.16 Å². The summed E-state index contributed by atoms with van der Waals surface area (Å²) < 4.78 is 5.00. The molecular weight excluding hydrogens is 422 g/mol. The highest BCUT2D eigenvalue weighted by atomic mass is 32.2. The summed E-state index contributed by atoms with van der Waals surface area (Å²) in [7, 11) is 0. The Morgan fingerprint density at radius 2 is 1.81 bits per heavy atom. The summed E-state index contributed by atoms with van der Waals surface area (Å²) in [5.74, 6) is -0.565. The molecule has 1 amide bonds. The van der Waals surface area contributed by atoms with Gasteiger partial charge in [0.1, 0.15) is 5.25 Å². The zero-order valence-electron chi connectivity index (χ0n) is 17.8. The van der Waals surface area contributed by atoms with Gasteiger partial charge in [-0.15, -0.1) is 0 Å². The minimum absolute atomic E-state index is 0.179. The van der Waals surface area contributed by atoms with Crippen molar-refractivity contribution in [2.24, 2.45) is 0 Å². The normalized spacial score (nSPS) is 11.8. The van der Waals surface area contributed by atoms with E-state index in [1.165, 1.54) is 11.8 Å². The minimum atomic E-state index is -0.511. The molecule has 0 spiro atoms. The maximum Gasteiger partial charge on any atom is 0.338 e. The summed E-state index contributed by atoms with van der Waals surface area (Å²) in [6.45, 7) is 4.10. The molecule has 0 aliphatic heterocycles. The van der Waals surface area contributed by atoms with E-state index in [-0.39, 0.29) is 11.9 Å². The number of imidazole rings is 1. The van der Waals surface area contributed by atoms with Gasteiger partial charge in [0.05, 0.1) is 23.2 Å². The number of ether oxygens (including phenoxy) is 1. The predicted octanol–water partition coefficient (Wildman–Crippen LogP) is 5.52. The molecule has 0 unspecified atom stereocenters. The molecule has 2 N–H and O–H groups in total. The van der Waals surface area contributed by atoms with Crippen LogP contribution in [-0.2, 0) is 9.53 Å². The number of aromatic nitrogens is 2. The number of benzene rings is 3. The molecule has 1 atom stereocenters. The number of thioether (sulfide) groups is 1. The molecule has 0 fully saturated rings. The number of amides is 1. The van der Waals surface area contributed by atoms with Crippen molar-refractivity contribution in [1.29, 1.82) is 0 Å². The minimum Gasteiger partial charge on any atom is -0.462 e. The van der Waals surface area contributed by atoms with Gasteiger partial charge in [-0.3, -0.25) is 4.79 Å². The Morgan fingerprint density at radius 3 is 2.53 bits per heavy atom. The molecule has 0 radical (unpaired) electrons. The van der Waals surface area contributed by atoms with E-state index in [1.807, 2.05) is 55.5 Å². The standard InChI is InChI=1S/C25H23N3O3S/c1-3-31-24(30)18-10-12-19(13-11-18)26-23(29)22(17-7-5-4-6-8-17)32-25-27-20-14-9-16(2)15-21(20)28-25/h4-15,22H,3H2,1-2H3,(H,26,29)(H,27,28)/t22-/m0/s1. The van der Waals surface area contributed by atoms with Gasteiger partial charge < -0.3 is 15.0 Å². The largest absolute Gasteiger partial charge is 0.462 e. The fourth-order valence-corrected chi connectivity index (χ4v) is 4.28. The summed E-state index contributed by atoms with van der Waals surface area (Å²) in [5.41, 5.74) is 4.85. The predicted molar refractivity (Wildman–Crippen MR) is 127 cm³/mol. The summed E-state index contributed by atoms with van der Waals surface area (Å²) in [4.78, 5) is 33.0. The lowest BCUT2D eigenvalue weighted by molar-refractivity contribution is -0.115. The SMILES string of the molecule is CCOC(=O)c1ccc(NC(=O)[C@@H](Sc2nc3ccc(C)cc3[nH]2)c2ccccc2)cc1. The van der Waals surface area contributed by atoms with Crippen molar-refractivity contribution in [1.82, 2.24) is 9.97 Å². The first-order chi connectivity index (χ1) is 15.5. The molecule has 6 nitrogen and oxygen atoms in total. The lowest BCUT2D eigenvalue weighted by Gasteiger charge is -2.16. The Balaban J connectivity index is 1.56. The third-order valence-corrected chi connectivity index (χ3v) is 5.99. The van der Waals surface area contributed by atoms with E-state index in [0.717, 1.165) is 22.2 Å². The van der Waals surface area contributed by atoms with Crippen LogP contribution >= 0.6 is 11.8 Å². The average molecular weight is 446 g/mol. The van der Waals surface area contributed by atoms with E-state index in [4.69, 9.17) is 4.74 Å². The Hall–Kier alpha value is -3.58. The summed E-state index contributed by atoms with van der Waals surface area (Å²) in [6, 6.07) is 22.3. The molecule has 7 heteroatoms. The number of rotatable bonds is 7. The first kappa shape index (κ1) is 21.6. The Bertz CT molecular complexity index is 1240. The average Bonchev–Trinajstić information content (AvgIpc) is 3.20. The number of H-pyrrole nitrogens is 1. The molecule has 162 valence electrons. The van der Waals surface area contributed by atoms with E-state index in [9.17, 15) is 9.59 Å². The Labute approximate surface area is 190 Å². The molecule has 1 aromatic heterocycles. The van der Waals surface area contributed by atoms with Crippen molar-refractivity contribution in [3.63, 3.8) is 0 Å². The first-order valence-electron chi connectivity index (χ1n) is 10.3. The number of nitrogens with zero attached hydrogens (tertiary/aromatic N) is 1. The van der Waals surface area contributed by atoms with Crippen molar-refractivity contribution < 1.29 is 14.3 Å². The molecule has 0 saturated heterocycles. The molecule has 1 heterocycles. The second-order valence-electron chi connectivity index (χ2n) is 7.26. The van der Waals surface area contributed by atoms with Crippen molar-refractivity contribution >= 4 is 40.4 Å². The second kappa shape index (κ2) is 9.70. The fraction of sp³-hybridized carbons (Fsp3) is 0.160.